The van der Waals surface area contributed by atoms with E-state index in [0.29, 0.717) is 5.75 Å². The maximum absolute atomic E-state index is 11.6. The maximum Gasteiger partial charge on any atom is 0.232 e. The van der Waals surface area contributed by atoms with Crippen molar-refractivity contribution in [2.75, 3.05) is 19.8 Å². The Kier molecular flexibility index (Phi) is 3.91. The highest BCUT2D eigenvalue weighted by molar-refractivity contribution is 7.99. The molecule has 0 unspecified atom stereocenters. The minimum atomic E-state index is 0.106. The number of aryl methyl sites for hydroxylation is 1. The van der Waals surface area contributed by atoms with Gasteiger partial charge in [-0.3, -0.25) is 4.79 Å². The maximum atomic E-state index is 11.6. The lowest BCUT2D eigenvalue weighted by atomic mass is 10.3. The van der Waals surface area contributed by atoms with Crippen LogP contribution in [0.1, 0.15) is 6.92 Å². The largest absolute Gasteiger partial charge is 0.348 e. The molecule has 0 N–H and O–H groups in total. The number of hydrogen-bond acceptors (Lipinski definition) is 3. The van der Waals surface area contributed by atoms with Crippen molar-refractivity contribution < 1.29 is 4.79 Å². The molecule has 0 bridgehead atoms. The Labute approximate surface area is 111 Å². The van der Waals surface area contributed by atoms with Crippen LogP contribution in [0.5, 0.6) is 0 Å². The van der Waals surface area contributed by atoms with E-state index < -0.39 is 0 Å². The summed E-state index contributed by atoms with van der Waals surface area (Å²) in [5, 5.41) is 0.911. The molecule has 0 saturated heterocycles. The molecular formula is C13H17N3OS. The van der Waals surface area contributed by atoms with E-state index in [-0.39, 0.29) is 5.91 Å². The van der Waals surface area contributed by atoms with Crippen LogP contribution < -0.4 is 0 Å². The van der Waals surface area contributed by atoms with Gasteiger partial charge in [-0.05, 0) is 19.1 Å². The molecule has 0 radical (unpaired) electrons. The van der Waals surface area contributed by atoms with Crippen LogP contribution in [0, 0.1) is 0 Å². The molecule has 0 aliphatic rings. The Morgan fingerprint density at radius 2 is 2.11 bits per heavy atom. The third kappa shape index (κ3) is 2.51. The Morgan fingerprint density at radius 3 is 2.78 bits per heavy atom. The SMILES string of the molecule is CCn1c(SCC(=O)N(C)C)nc2ccccc21. The third-order valence-electron chi connectivity index (χ3n) is 2.76. The Bertz CT molecular complexity index is 562. The molecule has 0 spiro atoms. The fourth-order valence-electron chi connectivity index (χ4n) is 1.72. The standard InChI is InChI=1S/C13H17N3OS/c1-4-16-11-8-6-5-7-10(11)14-13(16)18-9-12(17)15(2)3/h5-8H,4,9H2,1-3H3. The van der Waals surface area contributed by atoms with Crippen LogP contribution in [-0.4, -0.2) is 40.2 Å². The van der Waals surface area contributed by atoms with Crippen molar-refractivity contribution in [1.82, 2.24) is 14.5 Å². The zero-order chi connectivity index (χ0) is 13.1. The van der Waals surface area contributed by atoms with Crippen LogP contribution in [0.15, 0.2) is 29.4 Å². The van der Waals surface area contributed by atoms with Gasteiger partial charge in [0, 0.05) is 20.6 Å². The molecule has 0 saturated carbocycles. The molecule has 4 nitrogen and oxygen atoms in total. The summed E-state index contributed by atoms with van der Waals surface area (Å²) in [4.78, 5) is 17.8. The van der Waals surface area contributed by atoms with E-state index in [1.165, 1.54) is 11.8 Å². The summed E-state index contributed by atoms with van der Waals surface area (Å²) in [6.45, 7) is 2.95. The first-order chi connectivity index (χ1) is 8.63. The lowest BCUT2D eigenvalue weighted by molar-refractivity contribution is -0.125. The first-order valence-corrected chi connectivity index (χ1v) is 6.90. The molecule has 0 aliphatic heterocycles. The van der Waals surface area contributed by atoms with E-state index in [0.717, 1.165) is 22.7 Å². The van der Waals surface area contributed by atoms with Gasteiger partial charge in [0.25, 0.3) is 0 Å². The quantitative estimate of drug-likeness (QED) is 0.794. The van der Waals surface area contributed by atoms with E-state index in [2.05, 4.69) is 22.5 Å². The van der Waals surface area contributed by atoms with Crippen molar-refractivity contribution in [3.05, 3.63) is 24.3 Å². The van der Waals surface area contributed by atoms with Crippen molar-refractivity contribution in [2.24, 2.45) is 0 Å². The molecule has 1 aromatic carbocycles. The number of amides is 1. The van der Waals surface area contributed by atoms with Crippen molar-refractivity contribution in [2.45, 2.75) is 18.6 Å². The highest BCUT2D eigenvalue weighted by Crippen LogP contribution is 2.23. The zero-order valence-electron chi connectivity index (χ0n) is 10.9. The van der Waals surface area contributed by atoms with Crippen LogP contribution in [-0.2, 0) is 11.3 Å². The number of fused-ring (bicyclic) bond motifs is 1. The monoisotopic (exact) mass is 263 g/mol. The number of carbonyl (C=O) groups is 1. The summed E-state index contributed by atoms with van der Waals surface area (Å²) in [7, 11) is 3.54. The summed E-state index contributed by atoms with van der Waals surface area (Å²) in [5.41, 5.74) is 2.11. The van der Waals surface area contributed by atoms with Crippen molar-refractivity contribution in [3.8, 4) is 0 Å². The van der Waals surface area contributed by atoms with Crippen LogP contribution in [0.2, 0.25) is 0 Å². The van der Waals surface area contributed by atoms with E-state index in [1.54, 1.807) is 19.0 Å². The van der Waals surface area contributed by atoms with Crippen molar-refractivity contribution >= 4 is 28.7 Å². The van der Waals surface area contributed by atoms with Crippen LogP contribution in [0.25, 0.3) is 11.0 Å². The molecule has 5 heteroatoms. The second-order valence-electron chi connectivity index (χ2n) is 4.20. The van der Waals surface area contributed by atoms with Gasteiger partial charge in [-0.2, -0.15) is 0 Å². The molecule has 96 valence electrons. The summed E-state index contributed by atoms with van der Waals surface area (Å²) in [5.74, 6) is 0.533. The summed E-state index contributed by atoms with van der Waals surface area (Å²) < 4.78 is 2.14. The van der Waals surface area contributed by atoms with Gasteiger partial charge in [-0.1, -0.05) is 23.9 Å². The summed E-state index contributed by atoms with van der Waals surface area (Å²) >= 11 is 1.49. The minimum Gasteiger partial charge on any atom is -0.348 e. The van der Waals surface area contributed by atoms with Gasteiger partial charge in [0.15, 0.2) is 5.16 Å². The highest BCUT2D eigenvalue weighted by Gasteiger charge is 2.12. The molecule has 1 amide bonds. The minimum absolute atomic E-state index is 0.106. The highest BCUT2D eigenvalue weighted by atomic mass is 32.2. The zero-order valence-corrected chi connectivity index (χ0v) is 11.7. The van der Waals surface area contributed by atoms with E-state index in [4.69, 9.17) is 0 Å². The van der Waals surface area contributed by atoms with Gasteiger partial charge in [0.1, 0.15) is 0 Å². The molecule has 0 aliphatic carbocycles. The van der Waals surface area contributed by atoms with Gasteiger partial charge < -0.3 is 9.47 Å². The predicted octanol–water partition coefficient (Wildman–Crippen LogP) is 2.24. The second kappa shape index (κ2) is 5.44. The van der Waals surface area contributed by atoms with Crippen molar-refractivity contribution in [1.29, 1.82) is 0 Å². The lowest BCUT2D eigenvalue weighted by Gasteiger charge is -2.10. The number of rotatable bonds is 4. The van der Waals surface area contributed by atoms with Gasteiger partial charge in [-0.25, -0.2) is 4.98 Å². The Hall–Kier alpha value is -1.49. The summed E-state index contributed by atoms with van der Waals surface area (Å²) in [6.07, 6.45) is 0. The number of carbonyl (C=O) groups excluding carboxylic acids is 1. The second-order valence-corrected chi connectivity index (χ2v) is 5.15. The van der Waals surface area contributed by atoms with Gasteiger partial charge in [0.05, 0.1) is 16.8 Å². The molecule has 0 fully saturated rings. The number of thioether (sulfide) groups is 1. The summed E-state index contributed by atoms with van der Waals surface area (Å²) in [6, 6.07) is 8.05. The molecule has 2 aromatic rings. The fraction of sp³-hybridized carbons (Fsp3) is 0.385. The average molecular weight is 263 g/mol. The lowest BCUT2D eigenvalue weighted by Crippen LogP contribution is -2.23. The van der Waals surface area contributed by atoms with Gasteiger partial charge >= 0.3 is 0 Å². The number of imidazole rings is 1. The topological polar surface area (TPSA) is 38.1 Å². The van der Waals surface area contributed by atoms with Crippen LogP contribution in [0.4, 0.5) is 0 Å². The smallest absolute Gasteiger partial charge is 0.232 e. The van der Waals surface area contributed by atoms with Crippen molar-refractivity contribution in [3.63, 3.8) is 0 Å². The first-order valence-electron chi connectivity index (χ1n) is 5.91. The van der Waals surface area contributed by atoms with E-state index >= 15 is 0 Å². The number of para-hydroxylation sites is 2. The number of hydrogen-bond donors (Lipinski definition) is 0. The van der Waals surface area contributed by atoms with Crippen LogP contribution >= 0.6 is 11.8 Å². The molecule has 2 rings (SSSR count). The Morgan fingerprint density at radius 1 is 1.39 bits per heavy atom. The Balaban J connectivity index is 2.25. The molecule has 18 heavy (non-hydrogen) atoms. The fourth-order valence-corrected chi connectivity index (χ4v) is 2.78. The van der Waals surface area contributed by atoms with E-state index in [9.17, 15) is 4.79 Å². The number of aromatic nitrogens is 2. The first kappa shape index (κ1) is 13.0. The van der Waals surface area contributed by atoms with E-state index in [1.807, 2.05) is 18.2 Å². The molecular weight excluding hydrogens is 246 g/mol. The molecule has 0 atom stereocenters. The normalized spacial score (nSPS) is 10.8. The van der Waals surface area contributed by atoms with Crippen LogP contribution in [0.3, 0.4) is 0 Å². The number of nitrogens with zero attached hydrogens (tertiary/aromatic N) is 3. The van der Waals surface area contributed by atoms with Gasteiger partial charge in [0.2, 0.25) is 5.91 Å². The average Bonchev–Trinajstić information content (AvgIpc) is 2.73. The van der Waals surface area contributed by atoms with Gasteiger partial charge in [-0.15, -0.1) is 0 Å². The third-order valence-corrected chi connectivity index (χ3v) is 3.72. The number of benzene rings is 1. The molecule has 1 heterocycles. The molecule has 1 aromatic heterocycles. The predicted molar refractivity (Wildman–Crippen MR) is 74.8 cm³/mol.